The van der Waals surface area contributed by atoms with Crippen LogP contribution in [0.15, 0.2) is 12.3 Å². The third kappa shape index (κ3) is 1.07. The highest BCUT2D eigenvalue weighted by atomic mass is 35.5. The Balaban J connectivity index is 2.50. The average molecular weight is 169 g/mol. The van der Waals surface area contributed by atoms with Gasteiger partial charge in [-0.2, -0.15) is 0 Å². The van der Waals surface area contributed by atoms with Gasteiger partial charge < -0.3 is 5.32 Å². The molecule has 1 N–H and O–H groups in total. The lowest BCUT2D eigenvalue weighted by atomic mass is 10.1. The first kappa shape index (κ1) is 6.92. The third-order valence-corrected chi connectivity index (χ3v) is 2.25. The summed E-state index contributed by atoms with van der Waals surface area (Å²) >= 11 is 5.76. The number of pyridine rings is 1. The molecule has 0 amide bonds. The van der Waals surface area contributed by atoms with Crippen molar-refractivity contribution in [2.75, 3.05) is 11.9 Å². The molecule has 0 fully saturated rings. The number of halogens is 1. The van der Waals surface area contributed by atoms with Crippen molar-refractivity contribution in [3.63, 3.8) is 0 Å². The molecular formula is C8H9ClN2. The molecule has 0 unspecified atom stereocenters. The summed E-state index contributed by atoms with van der Waals surface area (Å²) in [4.78, 5) is 4.20. The van der Waals surface area contributed by atoms with Crippen LogP contribution in [0.4, 0.5) is 5.82 Å². The molecule has 1 aromatic heterocycles. The van der Waals surface area contributed by atoms with Crippen molar-refractivity contribution >= 4 is 17.4 Å². The van der Waals surface area contributed by atoms with Gasteiger partial charge in [0.15, 0.2) is 0 Å². The molecule has 0 bridgehead atoms. The Labute approximate surface area is 70.6 Å². The molecule has 2 heterocycles. The predicted molar refractivity (Wildman–Crippen MR) is 46.0 cm³/mol. The van der Waals surface area contributed by atoms with Gasteiger partial charge in [-0.1, -0.05) is 0 Å². The lowest BCUT2D eigenvalue weighted by Gasteiger charge is -2.01. The van der Waals surface area contributed by atoms with Crippen LogP contribution in [0.3, 0.4) is 0 Å². The first-order valence-corrected chi connectivity index (χ1v) is 4.22. The fourth-order valence-electron chi connectivity index (χ4n) is 1.39. The molecule has 2 rings (SSSR count). The fourth-order valence-corrected chi connectivity index (χ4v) is 1.65. The Bertz CT molecular complexity index is 273. The SMILES string of the molecule is ClCc1ccnc2c1CCN2. The maximum atomic E-state index is 5.76. The second-order valence-corrected chi connectivity index (χ2v) is 2.87. The molecule has 11 heavy (non-hydrogen) atoms. The summed E-state index contributed by atoms with van der Waals surface area (Å²) in [6.07, 6.45) is 2.86. The van der Waals surface area contributed by atoms with Crippen molar-refractivity contribution in [1.29, 1.82) is 0 Å². The highest BCUT2D eigenvalue weighted by Gasteiger charge is 2.13. The molecule has 1 aliphatic heterocycles. The lowest BCUT2D eigenvalue weighted by molar-refractivity contribution is 1.09. The second kappa shape index (κ2) is 2.70. The molecule has 0 aromatic carbocycles. The number of hydrogen-bond acceptors (Lipinski definition) is 2. The van der Waals surface area contributed by atoms with E-state index in [0.29, 0.717) is 5.88 Å². The molecule has 0 atom stereocenters. The van der Waals surface area contributed by atoms with Crippen molar-refractivity contribution in [3.05, 3.63) is 23.4 Å². The van der Waals surface area contributed by atoms with Crippen LogP contribution >= 0.6 is 11.6 Å². The van der Waals surface area contributed by atoms with E-state index < -0.39 is 0 Å². The Morgan fingerprint density at radius 3 is 3.36 bits per heavy atom. The Morgan fingerprint density at radius 1 is 1.64 bits per heavy atom. The van der Waals surface area contributed by atoms with E-state index in [1.807, 2.05) is 6.07 Å². The topological polar surface area (TPSA) is 24.9 Å². The van der Waals surface area contributed by atoms with Gasteiger partial charge in [0.2, 0.25) is 0 Å². The molecule has 0 radical (unpaired) electrons. The van der Waals surface area contributed by atoms with Crippen LogP contribution in [0.5, 0.6) is 0 Å². The van der Waals surface area contributed by atoms with E-state index in [2.05, 4.69) is 10.3 Å². The van der Waals surface area contributed by atoms with Crippen molar-refractivity contribution in [1.82, 2.24) is 4.98 Å². The summed E-state index contributed by atoms with van der Waals surface area (Å²) in [5.74, 6) is 1.61. The smallest absolute Gasteiger partial charge is 0.129 e. The van der Waals surface area contributed by atoms with Crippen LogP contribution in [0.1, 0.15) is 11.1 Å². The highest BCUT2D eigenvalue weighted by Crippen LogP contribution is 2.23. The summed E-state index contributed by atoms with van der Waals surface area (Å²) < 4.78 is 0. The average Bonchev–Trinajstić information content (AvgIpc) is 2.50. The van der Waals surface area contributed by atoms with Crippen molar-refractivity contribution in [3.8, 4) is 0 Å². The van der Waals surface area contributed by atoms with E-state index >= 15 is 0 Å². The van der Waals surface area contributed by atoms with Crippen LogP contribution in [0.25, 0.3) is 0 Å². The van der Waals surface area contributed by atoms with Crippen LogP contribution in [-0.2, 0) is 12.3 Å². The zero-order valence-electron chi connectivity index (χ0n) is 6.10. The van der Waals surface area contributed by atoms with Crippen molar-refractivity contribution < 1.29 is 0 Å². The summed E-state index contributed by atoms with van der Waals surface area (Å²) in [7, 11) is 0. The number of nitrogens with one attached hydrogen (secondary N) is 1. The normalized spacial score (nSPS) is 14.3. The Morgan fingerprint density at radius 2 is 2.55 bits per heavy atom. The predicted octanol–water partition coefficient (Wildman–Crippen LogP) is 1.79. The summed E-state index contributed by atoms with van der Waals surface area (Å²) in [5.41, 5.74) is 2.50. The standard InChI is InChI=1S/C8H9ClN2/c9-5-6-1-3-10-8-7(6)2-4-11-8/h1,3H,2,4-5H2,(H,10,11). The first-order chi connectivity index (χ1) is 5.42. The minimum Gasteiger partial charge on any atom is -0.370 e. The third-order valence-electron chi connectivity index (χ3n) is 1.96. The molecule has 1 aromatic rings. The number of anilines is 1. The quantitative estimate of drug-likeness (QED) is 0.647. The van der Waals surface area contributed by atoms with Crippen LogP contribution < -0.4 is 5.32 Å². The van der Waals surface area contributed by atoms with E-state index in [9.17, 15) is 0 Å². The van der Waals surface area contributed by atoms with Gasteiger partial charge in [-0.15, -0.1) is 11.6 Å². The molecule has 2 nitrogen and oxygen atoms in total. The fraction of sp³-hybridized carbons (Fsp3) is 0.375. The summed E-state index contributed by atoms with van der Waals surface area (Å²) in [6.45, 7) is 0.996. The zero-order valence-corrected chi connectivity index (χ0v) is 6.86. The monoisotopic (exact) mass is 168 g/mol. The van der Waals surface area contributed by atoms with Gasteiger partial charge in [0.05, 0.1) is 0 Å². The molecule has 0 saturated carbocycles. The number of rotatable bonds is 1. The molecular weight excluding hydrogens is 160 g/mol. The summed E-state index contributed by atoms with van der Waals surface area (Å²) in [6, 6.07) is 1.98. The largest absolute Gasteiger partial charge is 0.370 e. The minimum absolute atomic E-state index is 0.590. The van der Waals surface area contributed by atoms with Gasteiger partial charge >= 0.3 is 0 Å². The molecule has 0 aliphatic carbocycles. The molecule has 58 valence electrons. The highest BCUT2D eigenvalue weighted by molar-refractivity contribution is 6.17. The lowest BCUT2D eigenvalue weighted by Crippen LogP contribution is -1.92. The van der Waals surface area contributed by atoms with E-state index in [0.717, 1.165) is 18.8 Å². The number of alkyl halides is 1. The zero-order chi connectivity index (χ0) is 7.68. The molecule has 0 spiro atoms. The maximum Gasteiger partial charge on any atom is 0.129 e. The minimum atomic E-state index is 0.590. The number of fused-ring (bicyclic) bond motifs is 1. The van der Waals surface area contributed by atoms with E-state index in [4.69, 9.17) is 11.6 Å². The second-order valence-electron chi connectivity index (χ2n) is 2.61. The van der Waals surface area contributed by atoms with Gasteiger partial charge in [0.1, 0.15) is 5.82 Å². The van der Waals surface area contributed by atoms with Crippen LogP contribution in [0.2, 0.25) is 0 Å². The molecule has 1 aliphatic rings. The van der Waals surface area contributed by atoms with Gasteiger partial charge in [-0.05, 0) is 18.1 Å². The molecule has 3 heteroatoms. The maximum absolute atomic E-state index is 5.76. The van der Waals surface area contributed by atoms with Crippen molar-refractivity contribution in [2.24, 2.45) is 0 Å². The van der Waals surface area contributed by atoms with E-state index in [1.165, 1.54) is 11.1 Å². The summed E-state index contributed by atoms with van der Waals surface area (Å²) in [5, 5.41) is 3.21. The van der Waals surface area contributed by atoms with Gasteiger partial charge in [0, 0.05) is 24.2 Å². The van der Waals surface area contributed by atoms with Crippen LogP contribution in [-0.4, -0.2) is 11.5 Å². The Hall–Kier alpha value is -0.760. The number of nitrogens with zero attached hydrogens (tertiary/aromatic N) is 1. The van der Waals surface area contributed by atoms with E-state index in [1.54, 1.807) is 6.20 Å². The van der Waals surface area contributed by atoms with Crippen molar-refractivity contribution in [2.45, 2.75) is 12.3 Å². The number of aromatic nitrogens is 1. The first-order valence-electron chi connectivity index (χ1n) is 3.68. The van der Waals surface area contributed by atoms with Gasteiger partial charge in [0.25, 0.3) is 0 Å². The Kier molecular flexibility index (Phi) is 1.70. The van der Waals surface area contributed by atoms with Gasteiger partial charge in [-0.3, -0.25) is 0 Å². The van der Waals surface area contributed by atoms with Crippen LogP contribution in [0, 0.1) is 0 Å². The van der Waals surface area contributed by atoms with Gasteiger partial charge in [-0.25, -0.2) is 4.98 Å². The molecule has 0 saturated heterocycles. The number of hydrogen-bond donors (Lipinski definition) is 1. The van der Waals surface area contributed by atoms with E-state index in [-0.39, 0.29) is 0 Å².